The first-order valence-electron chi connectivity index (χ1n) is 5.42. The van der Waals surface area contributed by atoms with Crippen LogP contribution in [0.25, 0.3) is 5.57 Å². The van der Waals surface area contributed by atoms with Gasteiger partial charge in [-0.15, -0.1) is 6.42 Å². The maximum atomic E-state index is 5.32. The maximum Gasteiger partial charge on any atom is 0.0344 e. The van der Waals surface area contributed by atoms with Gasteiger partial charge in [-0.3, -0.25) is 4.99 Å². The molecule has 0 amide bonds. The van der Waals surface area contributed by atoms with Crippen LogP contribution in [0, 0.1) is 12.3 Å². The summed E-state index contributed by atoms with van der Waals surface area (Å²) in [6.45, 7) is 4.19. The van der Waals surface area contributed by atoms with Crippen molar-refractivity contribution in [3.8, 4) is 12.3 Å². The van der Waals surface area contributed by atoms with Gasteiger partial charge < -0.3 is 0 Å². The van der Waals surface area contributed by atoms with E-state index in [0.717, 1.165) is 17.7 Å². The first-order chi connectivity index (χ1) is 7.71. The van der Waals surface area contributed by atoms with Crippen molar-refractivity contribution in [2.75, 3.05) is 7.05 Å². The van der Waals surface area contributed by atoms with Gasteiger partial charge in [0.1, 0.15) is 0 Å². The van der Waals surface area contributed by atoms with E-state index in [0.29, 0.717) is 0 Å². The van der Waals surface area contributed by atoms with Gasteiger partial charge in [-0.2, -0.15) is 0 Å². The first-order valence-corrected chi connectivity index (χ1v) is 5.42. The van der Waals surface area contributed by atoms with Crippen LogP contribution in [0.4, 0.5) is 0 Å². The topological polar surface area (TPSA) is 12.4 Å². The van der Waals surface area contributed by atoms with E-state index in [2.05, 4.69) is 30.8 Å². The number of nitrogens with zero attached hydrogens (tertiary/aromatic N) is 1. The first kappa shape index (κ1) is 12.3. The van der Waals surface area contributed by atoms with Crippen molar-refractivity contribution in [3.05, 3.63) is 41.5 Å². The fourth-order valence-corrected chi connectivity index (χ4v) is 1.49. The van der Waals surface area contributed by atoms with Crippen LogP contribution in [0.5, 0.6) is 0 Å². The van der Waals surface area contributed by atoms with Crippen molar-refractivity contribution >= 4 is 11.3 Å². The van der Waals surface area contributed by atoms with Crippen LogP contribution in [0.3, 0.4) is 0 Å². The zero-order chi connectivity index (χ0) is 12.0. The molecule has 1 nitrogen and oxygen atoms in total. The van der Waals surface area contributed by atoms with Crippen LogP contribution in [0.1, 0.15) is 31.4 Å². The molecule has 0 fully saturated rings. The lowest BCUT2D eigenvalue weighted by molar-refractivity contribution is 1.26. The van der Waals surface area contributed by atoms with Crippen molar-refractivity contribution in [2.24, 2.45) is 4.99 Å². The van der Waals surface area contributed by atoms with Gasteiger partial charge >= 0.3 is 0 Å². The molecule has 1 aromatic rings. The van der Waals surface area contributed by atoms with Gasteiger partial charge in [0.05, 0.1) is 0 Å². The summed E-state index contributed by atoms with van der Waals surface area (Å²) in [5, 5.41) is 0. The van der Waals surface area contributed by atoms with Crippen molar-refractivity contribution in [3.63, 3.8) is 0 Å². The molecule has 1 heteroatoms. The highest BCUT2D eigenvalue weighted by atomic mass is 14.7. The number of aliphatic imine (C=N–C) groups is 1. The fourth-order valence-electron chi connectivity index (χ4n) is 1.49. The van der Waals surface area contributed by atoms with Gasteiger partial charge in [0.2, 0.25) is 0 Å². The van der Waals surface area contributed by atoms with E-state index < -0.39 is 0 Å². The molecule has 82 valence electrons. The Labute approximate surface area is 97.9 Å². The van der Waals surface area contributed by atoms with Crippen LogP contribution in [-0.2, 0) is 0 Å². The molecule has 0 aromatic heterocycles. The molecule has 0 aliphatic carbocycles. The molecule has 0 atom stereocenters. The second-order valence-electron chi connectivity index (χ2n) is 3.62. The van der Waals surface area contributed by atoms with Gasteiger partial charge in [-0.25, -0.2) is 0 Å². The molecule has 0 heterocycles. The monoisotopic (exact) mass is 211 g/mol. The minimum Gasteiger partial charge on any atom is -0.293 e. The minimum absolute atomic E-state index is 0.913. The maximum absolute atomic E-state index is 5.32. The summed E-state index contributed by atoms with van der Waals surface area (Å²) in [5.41, 5.74) is 4.43. The summed E-state index contributed by atoms with van der Waals surface area (Å²) in [6.07, 6.45) is 8.39. The average Bonchev–Trinajstić information content (AvgIpc) is 2.35. The Kier molecular flexibility index (Phi) is 4.54. The van der Waals surface area contributed by atoms with Crippen LogP contribution in [-0.4, -0.2) is 12.8 Å². The molecule has 0 saturated heterocycles. The highest BCUT2D eigenvalue weighted by molar-refractivity contribution is 6.00. The van der Waals surface area contributed by atoms with E-state index in [4.69, 9.17) is 6.42 Å². The second-order valence-corrected chi connectivity index (χ2v) is 3.62. The Balaban J connectivity index is 2.97. The van der Waals surface area contributed by atoms with E-state index in [1.54, 1.807) is 0 Å². The minimum atomic E-state index is 0.913. The molecule has 0 N–H and O–H groups in total. The average molecular weight is 211 g/mol. The van der Waals surface area contributed by atoms with Crippen molar-refractivity contribution < 1.29 is 0 Å². The Bertz CT molecular complexity index is 441. The predicted molar refractivity (Wildman–Crippen MR) is 71.7 cm³/mol. The van der Waals surface area contributed by atoms with Crippen LogP contribution < -0.4 is 0 Å². The summed E-state index contributed by atoms with van der Waals surface area (Å²) in [6, 6.07) is 8.01. The third-order valence-electron chi connectivity index (χ3n) is 2.54. The van der Waals surface area contributed by atoms with E-state index in [1.165, 1.54) is 11.1 Å². The van der Waals surface area contributed by atoms with E-state index in [-0.39, 0.29) is 0 Å². The molecule has 1 rings (SSSR count). The summed E-state index contributed by atoms with van der Waals surface area (Å²) in [7, 11) is 1.82. The standard InChI is InChI=1S/C15H17N/c1-5-13-7-9-14(10-8-13)12(3)11-15(6-2)16-4/h1,7-11H,6H2,2-4H3/b12-11+,16-15?. The molecule has 0 bridgehead atoms. The number of rotatable bonds is 3. The van der Waals surface area contributed by atoms with Crippen LogP contribution >= 0.6 is 0 Å². The summed E-state index contributed by atoms with van der Waals surface area (Å²) < 4.78 is 0. The summed E-state index contributed by atoms with van der Waals surface area (Å²) >= 11 is 0. The largest absolute Gasteiger partial charge is 0.293 e. The van der Waals surface area contributed by atoms with Crippen LogP contribution in [0.15, 0.2) is 35.3 Å². The Hall–Kier alpha value is -1.81. The summed E-state index contributed by atoms with van der Waals surface area (Å²) in [5.74, 6) is 2.61. The highest BCUT2D eigenvalue weighted by Crippen LogP contribution is 2.14. The quantitative estimate of drug-likeness (QED) is 0.535. The molecule has 0 radical (unpaired) electrons. The molecule has 0 aliphatic heterocycles. The smallest absolute Gasteiger partial charge is 0.0344 e. The number of hydrogen-bond acceptors (Lipinski definition) is 1. The molecule has 1 aromatic carbocycles. The van der Waals surface area contributed by atoms with Gasteiger partial charge in [-0.05, 0) is 42.7 Å². The van der Waals surface area contributed by atoms with Gasteiger partial charge in [0, 0.05) is 18.3 Å². The molecule has 0 saturated carbocycles. The van der Waals surface area contributed by atoms with Crippen molar-refractivity contribution in [2.45, 2.75) is 20.3 Å². The predicted octanol–water partition coefficient (Wildman–Crippen LogP) is 3.55. The van der Waals surface area contributed by atoms with E-state index in [9.17, 15) is 0 Å². The number of terminal acetylenes is 1. The number of hydrogen-bond donors (Lipinski definition) is 0. The SMILES string of the molecule is C#Cc1ccc(/C(C)=C/C(CC)=NC)cc1. The second kappa shape index (κ2) is 5.92. The molecule has 16 heavy (non-hydrogen) atoms. The Morgan fingerprint density at radius 3 is 2.44 bits per heavy atom. The third kappa shape index (κ3) is 3.10. The zero-order valence-corrected chi connectivity index (χ0v) is 10.1. The van der Waals surface area contributed by atoms with Gasteiger partial charge in [-0.1, -0.05) is 25.0 Å². The van der Waals surface area contributed by atoms with Crippen LogP contribution in [0.2, 0.25) is 0 Å². The third-order valence-corrected chi connectivity index (χ3v) is 2.54. The number of benzene rings is 1. The van der Waals surface area contributed by atoms with Crippen molar-refractivity contribution in [1.82, 2.24) is 0 Å². The highest BCUT2D eigenvalue weighted by Gasteiger charge is 1.97. The van der Waals surface area contributed by atoms with Gasteiger partial charge in [0.25, 0.3) is 0 Å². The lowest BCUT2D eigenvalue weighted by Gasteiger charge is -2.03. The molecule has 0 aliphatic rings. The molecular weight excluding hydrogens is 194 g/mol. The lowest BCUT2D eigenvalue weighted by atomic mass is 10.0. The zero-order valence-electron chi connectivity index (χ0n) is 10.1. The Morgan fingerprint density at radius 1 is 1.38 bits per heavy atom. The van der Waals surface area contributed by atoms with E-state index in [1.807, 2.05) is 31.3 Å². The number of allylic oxidation sites excluding steroid dienone is 2. The van der Waals surface area contributed by atoms with E-state index >= 15 is 0 Å². The van der Waals surface area contributed by atoms with Crippen molar-refractivity contribution in [1.29, 1.82) is 0 Å². The lowest BCUT2D eigenvalue weighted by Crippen LogP contribution is -1.92. The molecule has 0 unspecified atom stereocenters. The normalized spacial score (nSPS) is 12.4. The summed E-state index contributed by atoms with van der Waals surface area (Å²) in [4.78, 5) is 4.21. The fraction of sp³-hybridized carbons (Fsp3) is 0.267. The molecular formula is C15H17N. The van der Waals surface area contributed by atoms with Gasteiger partial charge in [0.15, 0.2) is 0 Å². The Morgan fingerprint density at radius 2 is 2.00 bits per heavy atom. The molecule has 0 spiro atoms.